The van der Waals surface area contributed by atoms with Crippen LogP contribution in [0.2, 0.25) is 0 Å². The fraction of sp³-hybridized carbons (Fsp3) is 0.250. The van der Waals surface area contributed by atoms with E-state index in [1.54, 1.807) is 10.9 Å². The van der Waals surface area contributed by atoms with Crippen LogP contribution in [0.1, 0.15) is 24.5 Å². The van der Waals surface area contributed by atoms with E-state index < -0.39 is 11.7 Å². The summed E-state index contributed by atoms with van der Waals surface area (Å²) in [6.07, 6.45) is -1.86. The van der Waals surface area contributed by atoms with Crippen molar-refractivity contribution < 1.29 is 13.2 Å². The van der Waals surface area contributed by atoms with E-state index in [1.165, 1.54) is 12.1 Å². The number of fused-ring (bicyclic) bond motifs is 2. The molecule has 11 heteroatoms. The zero-order valence-corrected chi connectivity index (χ0v) is 19.1. The van der Waals surface area contributed by atoms with Gasteiger partial charge in [0.25, 0.3) is 0 Å². The Morgan fingerprint density at radius 2 is 1.74 bits per heavy atom. The first-order chi connectivity index (χ1) is 16.8. The highest BCUT2D eigenvalue weighted by Gasteiger charge is 2.30. The van der Waals surface area contributed by atoms with Crippen molar-refractivity contribution in [2.75, 3.05) is 17.2 Å². The number of alkyl halides is 3. The monoisotopic (exact) mass is 480 g/mol. The number of nitrogens with zero attached hydrogens (tertiary/aromatic N) is 6. The Labute approximate surface area is 198 Å². The summed E-state index contributed by atoms with van der Waals surface area (Å²) in [7, 11) is 1.90. The highest BCUT2D eigenvalue weighted by molar-refractivity contribution is 5.85. The lowest BCUT2D eigenvalue weighted by Crippen LogP contribution is -2.09. The molecule has 5 aromatic rings. The molecule has 0 spiro atoms. The molecule has 35 heavy (non-hydrogen) atoms. The van der Waals surface area contributed by atoms with E-state index in [0.717, 1.165) is 29.6 Å². The minimum atomic E-state index is -4.37. The van der Waals surface area contributed by atoms with Crippen molar-refractivity contribution in [1.29, 1.82) is 0 Å². The molecule has 0 fully saturated rings. The van der Waals surface area contributed by atoms with Crippen LogP contribution in [-0.2, 0) is 19.8 Å². The lowest BCUT2D eigenvalue weighted by molar-refractivity contribution is -0.137. The van der Waals surface area contributed by atoms with Gasteiger partial charge in [-0.3, -0.25) is 5.32 Å². The number of hydrogen-bond acceptors (Lipinski definition) is 6. The number of anilines is 3. The number of aromatic nitrogens is 6. The second-order valence-corrected chi connectivity index (χ2v) is 8.17. The van der Waals surface area contributed by atoms with Crippen LogP contribution < -0.4 is 10.6 Å². The van der Waals surface area contributed by atoms with E-state index in [-0.39, 0.29) is 0 Å². The highest BCUT2D eigenvalue weighted by atomic mass is 19.4. The minimum Gasteiger partial charge on any atom is -0.368 e. The molecule has 2 aromatic carbocycles. The zero-order valence-electron chi connectivity index (χ0n) is 19.1. The van der Waals surface area contributed by atoms with Gasteiger partial charge in [0.1, 0.15) is 0 Å². The fourth-order valence-electron chi connectivity index (χ4n) is 3.84. The first-order valence-electron chi connectivity index (χ1n) is 11.1. The Bertz CT molecular complexity index is 1490. The Balaban J connectivity index is 1.51. The molecule has 0 saturated heterocycles. The Morgan fingerprint density at radius 1 is 0.971 bits per heavy atom. The third-order valence-corrected chi connectivity index (χ3v) is 5.65. The number of halogens is 3. The molecule has 0 bridgehead atoms. The van der Waals surface area contributed by atoms with Crippen molar-refractivity contribution in [3.63, 3.8) is 0 Å². The third kappa shape index (κ3) is 4.48. The molecule has 0 unspecified atom stereocenters. The third-order valence-electron chi connectivity index (χ3n) is 5.65. The van der Waals surface area contributed by atoms with E-state index in [1.807, 2.05) is 42.8 Å². The molecule has 5 rings (SSSR count). The van der Waals surface area contributed by atoms with Gasteiger partial charge in [-0.05, 0) is 36.2 Å². The maximum absolute atomic E-state index is 12.9. The normalized spacial score (nSPS) is 11.9. The van der Waals surface area contributed by atoms with Crippen molar-refractivity contribution in [3.8, 4) is 0 Å². The van der Waals surface area contributed by atoms with Crippen molar-refractivity contribution in [2.45, 2.75) is 26.1 Å². The van der Waals surface area contributed by atoms with E-state index in [2.05, 4.69) is 30.6 Å². The van der Waals surface area contributed by atoms with E-state index in [9.17, 15) is 13.2 Å². The summed E-state index contributed by atoms with van der Waals surface area (Å²) in [5.41, 5.74) is 2.96. The molecule has 2 N–H and O–H groups in total. The van der Waals surface area contributed by atoms with Gasteiger partial charge in [-0.25, -0.2) is 9.97 Å². The Morgan fingerprint density at radius 3 is 2.46 bits per heavy atom. The molecule has 3 aromatic heterocycles. The number of rotatable bonds is 7. The van der Waals surface area contributed by atoms with Gasteiger partial charge < -0.3 is 14.5 Å². The highest BCUT2D eigenvalue weighted by Crippen LogP contribution is 2.30. The van der Waals surface area contributed by atoms with Crippen molar-refractivity contribution in [3.05, 3.63) is 66.0 Å². The molecule has 0 radical (unpaired) electrons. The summed E-state index contributed by atoms with van der Waals surface area (Å²) in [6.45, 7) is 3.06. The summed E-state index contributed by atoms with van der Waals surface area (Å²) in [6, 6.07) is 12.9. The molecule has 3 heterocycles. The van der Waals surface area contributed by atoms with Crippen LogP contribution in [0.15, 0.2) is 54.9 Å². The second-order valence-electron chi connectivity index (χ2n) is 8.17. The largest absolute Gasteiger partial charge is 0.416 e. The van der Waals surface area contributed by atoms with Crippen LogP contribution in [-0.4, -0.2) is 35.6 Å². The van der Waals surface area contributed by atoms with Gasteiger partial charge in [-0.2, -0.15) is 23.1 Å². The molecule has 0 aliphatic heterocycles. The van der Waals surface area contributed by atoms with Gasteiger partial charge in [-0.15, -0.1) is 0 Å². The van der Waals surface area contributed by atoms with Crippen LogP contribution in [0, 0.1) is 0 Å². The molecular formula is C24H23F3N8. The average molecular weight is 480 g/mol. The maximum Gasteiger partial charge on any atom is 0.416 e. The smallest absolute Gasteiger partial charge is 0.368 e. The first kappa shape index (κ1) is 22.6. The summed E-state index contributed by atoms with van der Waals surface area (Å²) in [5, 5.41) is 6.49. The maximum atomic E-state index is 12.9. The first-order valence-corrected chi connectivity index (χ1v) is 11.1. The van der Waals surface area contributed by atoms with Crippen LogP contribution in [0.25, 0.3) is 22.2 Å². The van der Waals surface area contributed by atoms with Crippen molar-refractivity contribution in [2.24, 2.45) is 7.05 Å². The fourth-order valence-corrected chi connectivity index (χ4v) is 3.84. The number of hydrogen-bond donors (Lipinski definition) is 2. The molecule has 0 aliphatic carbocycles. The predicted molar refractivity (Wildman–Crippen MR) is 129 cm³/mol. The molecular weight excluding hydrogens is 457 g/mol. The number of nitrogens with one attached hydrogen (secondary N) is 2. The summed E-state index contributed by atoms with van der Waals surface area (Å²) in [5.74, 6) is 1.49. The summed E-state index contributed by atoms with van der Waals surface area (Å²) in [4.78, 5) is 18.4. The topological polar surface area (TPSA) is 85.5 Å². The number of aryl methyl sites for hydroxylation is 1. The quantitative estimate of drug-likeness (QED) is 0.327. The van der Waals surface area contributed by atoms with Gasteiger partial charge in [0.05, 0.1) is 29.5 Å². The standard InChI is InChI=1S/C24H23F3N8/c1-3-12-28-20-19-21(35(14-29-19)13-15-8-10-16(11-9-15)24(25,26)27)32-22(31-20)33-23-30-17-6-4-5-7-18(17)34(23)2/h4-11,14H,3,12-13H2,1-2H3,(H2,28,30,31,32,33). The predicted octanol–water partition coefficient (Wildman–Crippen LogP) is 5.35. The lowest BCUT2D eigenvalue weighted by Gasteiger charge is -2.11. The SMILES string of the molecule is CCCNc1nc(Nc2nc3ccccc3n2C)nc2c1ncn2Cc1ccc(C(F)(F)F)cc1. The number of benzene rings is 2. The minimum absolute atomic E-state index is 0.310. The van der Waals surface area contributed by atoms with E-state index >= 15 is 0 Å². The number of para-hydroxylation sites is 2. The molecule has 0 amide bonds. The lowest BCUT2D eigenvalue weighted by atomic mass is 10.1. The van der Waals surface area contributed by atoms with Gasteiger partial charge in [-0.1, -0.05) is 31.2 Å². The molecule has 0 atom stereocenters. The van der Waals surface area contributed by atoms with Gasteiger partial charge in [0.2, 0.25) is 11.9 Å². The van der Waals surface area contributed by atoms with Gasteiger partial charge >= 0.3 is 6.18 Å². The van der Waals surface area contributed by atoms with Crippen LogP contribution in [0.4, 0.5) is 30.9 Å². The van der Waals surface area contributed by atoms with Crippen molar-refractivity contribution >= 4 is 39.9 Å². The van der Waals surface area contributed by atoms with E-state index in [0.29, 0.717) is 47.5 Å². The molecule has 0 saturated carbocycles. The van der Waals surface area contributed by atoms with Gasteiger partial charge in [0, 0.05) is 13.6 Å². The molecule has 8 nitrogen and oxygen atoms in total. The average Bonchev–Trinajstić information content (AvgIpc) is 3.38. The molecule has 0 aliphatic rings. The van der Waals surface area contributed by atoms with Crippen molar-refractivity contribution in [1.82, 2.24) is 29.1 Å². The van der Waals surface area contributed by atoms with E-state index in [4.69, 9.17) is 0 Å². The Kier molecular flexibility index (Phi) is 5.75. The van der Waals surface area contributed by atoms with Crippen LogP contribution in [0.5, 0.6) is 0 Å². The second kappa shape index (κ2) is 8.90. The molecule has 180 valence electrons. The van der Waals surface area contributed by atoms with Crippen LogP contribution in [0.3, 0.4) is 0 Å². The van der Waals surface area contributed by atoms with Gasteiger partial charge in [0.15, 0.2) is 17.0 Å². The summed E-state index contributed by atoms with van der Waals surface area (Å²) >= 11 is 0. The number of imidazole rings is 2. The zero-order chi connectivity index (χ0) is 24.6. The summed E-state index contributed by atoms with van der Waals surface area (Å²) < 4.78 is 42.5. The van der Waals surface area contributed by atoms with Crippen LogP contribution >= 0.6 is 0 Å². The Hall–Kier alpha value is -4.15.